The van der Waals surface area contributed by atoms with Crippen molar-refractivity contribution in [2.75, 3.05) is 11.9 Å². The SMILES string of the molecule is O=C(NCc1cccc(NC(=O)c2ccco2)c1)NCC12CC3CC(CC(C3)C1)C2. The van der Waals surface area contributed by atoms with Gasteiger partial charge in [0.05, 0.1) is 6.26 Å². The first-order valence-corrected chi connectivity index (χ1v) is 11.0. The summed E-state index contributed by atoms with van der Waals surface area (Å²) in [4.78, 5) is 24.5. The molecule has 4 aliphatic rings. The van der Waals surface area contributed by atoms with E-state index in [1.54, 1.807) is 12.1 Å². The number of furan rings is 1. The Hall–Kier alpha value is -2.76. The molecule has 1 heterocycles. The summed E-state index contributed by atoms with van der Waals surface area (Å²) in [5, 5.41) is 8.91. The van der Waals surface area contributed by atoms with Crippen LogP contribution in [0.5, 0.6) is 0 Å². The van der Waals surface area contributed by atoms with Gasteiger partial charge in [-0.3, -0.25) is 4.79 Å². The normalized spacial score (nSPS) is 28.9. The topological polar surface area (TPSA) is 83.4 Å². The van der Waals surface area contributed by atoms with Gasteiger partial charge in [0, 0.05) is 18.8 Å². The van der Waals surface area contributed by atoms with Gasteiger partial charge in [-0.25, -0.2) is 4.79 Å². The van der Waals surface area contributed by atoms with Crippen molar-refractivity contribution >= 4 is 17.6 Å². The molecule has 158 valence electrons. The number of amides is 3. The molecule has 0 atom stereocenters. The molecule has 3 amide bonds. The minimum atomic E-state index is -0.293. The van der Waals surface area contributed by atoms with E-state index in [1.807, 2.05) is 24.3 Å². The number of rotatable bonds is 6. The predicted octanol–water partition coefficient (Wildman–Crippen LogP) is 4.55. The smallest absolute Gasteiger partial charge is 0.315 e. The van der Waals surface area contributed by atoms with Crippen LogP contribution >= 0.6 is 0 Å². The van der Waals surface area contributed by atoms with Gasteiger partial charge >= 0.3 is 6.03 Å². The van der Waals surface area contributed by atoms with E-state index < -0.39 is 0 Å². The third kappa shape index (κ3) is 4.09. The average molecular weight is 408 g/mol. The number of hydrogen-bond donors (Lipinski definition) is 3. The Bertz CT molecular complexity index is 886. The molecule has 6 nitrogen and oxygen atoms in total. The zero-order chi connectivity index (χ0) is 20.6. The van der Waals surface area contributed by atoms with Crippen LogP contribution in [0.4, 0.5) is 10.5 Å². The Kier molecular flexibility index (Phi) is 5.01. The van der Waals surface area contributed by atoms with E-state index in [0.717, 1.165) is 29.9 Å². The zero-order valence-corrected chi connectivity index (χ0v) is 17.2. The molecule has 6 rings (SSSR count). The van der Waals surface area contributed by atoms with E-state index in [4.69, 9.17) is 4.42 Å². The second-order valence-electron chi connectivity index (χ2n) is 9.59. The van der Waals surface area contributed by atoms with Crippen LogP contribution in [0.3, 0.4) is 0 Å². The minimum absolute atomic E-state index is 0.115. The van der Waals surface area contributed by atoms with Crippen molar-refractivity contribution in [3.63, 3.8) is 0 Å². The van der Waals surface area contributed by atoms with E-state index in [2.05, 4.69) is 16.0 Å². The van der Waals surface area contributed by atoms with Gasteiger partial charge in [0.15, 0.2) is 5.76 Å². The summed E-state index contributed by atoms with van der Waals surface area (Å²) in [6.45, 7) is 1.21. The molecule has 0 radical (unpaired) electrons. The van der Waals surface area contributed by atoms with Crippen molar-refractivity contribution in [3.8, 4) is 0 Å². The van der Waals surface area contributed by atoms with Crippen LogP contribution in [0.25, 0.3) is 0 Å². The molecule has 4 aliphatic carbocycles. The lowest BCUT2D eigenvalue weighted by Gasteiger charge is -2.56. The first-order chi connectivity index (χ1) is 14.6. The predicted molar refractivity (Wildman–Crippen MR) is 114 cm³/mol. The second kappa shape index (κ2) is 7.82. The van der Waals surface area contributed by atoms with E-state index in [9.17, 15) is 9.59 Å². The standard InChI is InChI=1S/C24H29N3O3/c28-22(21-5-2-6-30-21)27-20-4-1-3-16(10-20)14-25-23(29)26-15-24-11-17-7-18(12-24)9-19(8-17)13-24/h1-6,10,17-19H,7-9,11-15H2,(H,27,28)(H2,25,26,29). The Labute approximate surface area is 176 Å². The van der Waals surface area contributed by atoms with Crippen molar-refractivity contribution in [1.29, 1.82) is 0 Å². The summed E-state index contributed by atoms with van der Waals surface area (Å²) in [5.74, 6) is 2.64. The molecule has 0 aliphatic heterocycles. The van der Waals surface area contributed by atoms with Gasteiger partial charge < -0.3 is 20.4 Å². The van der Waals surface area contributed by atoms with Gasteiger partial charge in [-0.15, -0.1) is 0 Å². The highest BCUT2D eigenvalue weighted by Gasteiger charge is 2.50. The maximum absolute atomic E-state index is 12.4. The molecule has 4 saturated carbocycles. The van der Waals surface area contributed by atoms with Crippen LogP contribution < -0.4 is 16.0 Å². The maximum Gasteiger partial charge on any atom is 0.315 e. The van der Waals surface area contributed by atoms with Crippen LogP contribution in [-0.4, -0.2) is 18.5 Å². The van der Waals surface area contributed by atoms with Gasteiger partial charge in [-0.1, -0.05) is 12.1 Å². The fourth-order valence-corrected chi connectivity index (χ4v) is 6.38. The fraction of sp³-hybridized carbons (Fsp3) is 0.500. The van der Waals surface area contributed by atoms with Gasteiger partial charge in [0.2, 0.25) is 0 Å². The molecular formula is C24H29N3O3. The molecule has 2 aromatic rings. The van der Waals surface area contributed by atoms with Crippen LogP contribution in [0.15, 0.2) is 47.1 Å². The maximum atomic E-state index is 12.4. The van der Waals surface area contributed by atoms with Crippen molar-refractivity contribution in [2.24, 2.45) is 23.2 Å². The molecule has 0 saturated heterocycles. The van der Waals surface area contributed by atoms with Gasteiger partial charge in [0.1, 0.15) is 0 Å². The van der Waals surface area contributed by atoms with E-state index in [1.165, 1.54) is 44.8 Å². The highest BCUT2D eigenvalue weighted by molar-refractivity contribution is 6.02. The van der Waals surface area contributed by atoms with Crippen LogP contribution in [0, 0.1) is 23.2 Å². The Morgan fingerprint density at radius 3 is 2.37 bits per heavy atom. The largest absolute Gasteiger partial charge is 0.459 e. The summed E-state index contributed by atoms with van der Waals surface area (Å²) in [6, 6.07) is 10.7. The summed E-state index contributed by atoms with van der Waals surface area (Å²) in [5.41, 5.74) is 1.93. The summed E-state index contributed by atoms with van der Waals surface area (Å²) in [6.07, 6.45) is 9.58. The summed E-state index contributed by atoms with van der Waals surface area (Å²) < 4.78 is 5.11. The van der Waals surface area contributed by atoms with Crippen molar-refractivity contribution < 1.29 is 14.0 Å². The third-order valence-electron chi connectivity index (χ3n) is 7.17. The quantitative estimate of drug-likeness (QED) is 0.657. The molecule has 1 aromatic carbocycles. The van der Waals surface area contributed by atoms with Gasteiger partial charge in [-0.2, -0.15) is 0 Å². The fourth-order valence-electron chi connectivity index (χ4n) is 6.38. The number of urea groups is 1. The highest BCUT2D eigenvalue weighted by atomic mass is 16.3. The highest BCUT2D eigenvalue weighted by Crippen LogP contribution is 2.59. The van der Waals surface area contributed by atoms with Gasteiger partial charge in [0.25, 0.3) is 5.91 Å². The third-order valence-corrected chi connectivity index (χ3v) is 7.17. The van der Waals surface area contributed by atoms with Crippen molar-refractivity contribution in [2.45, 2.75) is 45.1 Å². The molecule has 0 spiro atoms. The molecular weight excluding hydrogens is 378 g/mol. The van der Waals surface area contributed by atoms with Crippen molar-refractivity contribution in [3.05, 3.63) is 54.0 Å². The molecule has 4 fully saturated rings. The molecule has 4 bridgehead atoms. The Balaban J connectivity index is 1.11. The van der Waals surface area contributed by atoms with Crippen LogP contribution in [0.2, 0.25) is 0 Å². The van der Waals surface area contributed by atoms with E-state index >= 15 is 0 Å². The second-order valence-corrected chi connectivity index (χ2v) is 9.59. The monoisotopic (exact) mass is 407 g/mol. The first-order valence-electron chi connectivity index (χ1n) is 11.0. The molecule has 1 aromatic heterocycles. The zero-order valence-electron chi connectivity index (χ0n) is 17.2. The summed E-state index contributed by atoms with van der Waals surface area (Å²) in [7, 11) is 0. The number of hydrogen-bond acceptors (Lipinski definition) is 3. The first kappa shape index (κ1) is 19.2. The number of carbonyl (C=O) groups is 2. The average Bonchev–Trinajstić information content (AvgIpc) is 3.25. The molecule has 6 heteroatoms. The minimum Gasteiger partial charge on any atom is -0.459 e. The van der Waals surface area contributed by atoms with E-state index in [0.29, 0.717) is 17.6 Å². The molecule has 0 unspecified atom stereocenters. The van der Waals surface area contributed by atoms with Crippen molar-refractivity contribution in [1.82, 2.24) is 10.6 Å². The number of nitrogens with one attached hydrogen (secondary N) is 3. The van der Waals surface area contributed by atoms with Crippen LogP contribution in [0.1, 0.15) is 54.6 Å². The summed E-state index contributed by atoms with van der Waals surface area (Å²) >= 11 is 0. The number of benzene rings is 1. The lowest BCUT2D eigenvalue weighted by Crippen LogP contribution is -2.52. The number of carbonyl (C=O) groups excluding carboxylic acids is 2. The molecule has 30 heavy (non-hydrogen) atoms. The Morgan fingerprint density at radius 1 is 0.967 bits per heavy atom. The lowest BCUT2D eigenvalue weighted by atomic mass is 9.49. The van der Waals surface area contributed by atoms with E-state index in [-0.39, 0.29) is 17.7 Å². The lowest BCUT2D eigenvalue weighted by molar-refractivity contribution is -0.0498. The number of anilines is 1. The Morgan fingerprint density at radius 2 is 1.70 bits per heavy atom. The van der Waals surface area contributed by atoms with Crippen LogP contribution in [-0.2, 0) is 6.54 Å². The van der Waals surface area contributed by atoms with Gasteiger partial charge in [-0.05, 0) is 91.5 Å². The molecule has 3 N–H and O–H groups in total.